The van der Waals surface area contributed by atoms with Gasteiger partial charge in [-0.3, -0.25) is 9.59 Å². The van der Waals surface area contributed by atoms with Crippen molar-refractivity contribution in [1.29, 1.82) is 0 Å². The molecule has 4 rings (SSSR count). The van der Waals surface area contributed by atoms with Gasteiger partial charge in [-0.25, -0.2) is 4.79 Å². The number of halogens is 3. The molecule has 2 amide bonds. The van der Waals surface area contributed by atoms with Gasteiger partial charge in [-0.05, 0) is 59.9 Å². The van der Waals surface area contributed by atoms with Crippen LogP contribution in [0.15, 0.2) is 37.7 Å². The van der Waals surface area contributed by atoms with Crippen molar-refractivity contribution in [2.24, 2.45) is 11.8 Å². The predicted molar refractivity (Wildman–Crippen MR) is 91.6 cm³/mol. The van der Waals surface area contributed by atoms with Crippen molar-refractivity contribution >= 4 is 65.6 Å². The van der Waals surface area contributed by atoms with E-state index < -0.39 is 41.8 Å². The molecule has 0 radical (unpaired) electrons. The van der Waals surface area contributed by atoms with Crippen LogP contribution in [0.2, 0.25) is 0 Å². The monoisotopic (exact) mass is 519 g/mol. The molecule has 1 aromatic carbocycles. The second kappa shape index (κ2) is 5.76. The largest absolute Gasteiger partial charge is 0.366 e. The molecular formula is C15H8Br3NO5. The molecule has 2 fully saturated rings. The summed E-state index contributed by atoms with van der Waals surface area (Å²) in [6.07, 6.45) is 2.68. The molecule has 0 spiro atoms. The van der Waals surface area contributed by atoms with Gasteiger partial charge < -0.3 is 9.57 Å². The number of hydrogen-bond acceptors (Lipinski definition) is 5. The predicted octanol–water partition coefficient (Wildman–Crippen LogP) is 2.98. The number of fused-ring (bicyclic) bond motifs is 5. The summed E-state index contributed by atoms with van der Waals surface area (Å²) in [5, 5.41) is 0.576. The Morgan fingerprint density at radius 3 is 2.12 bits per heavy atom. The van der Waals surface area contributed by atoms with Crippen molar-refractivity contribution in [3.8, 4) is 0 Å². The molecule has 0 aliphatic carbocycles. The number of carbonyl (C=O) groups is 3. The molecule has 0 aromatic heterocycles. The Bertz CT molecular complexity index is 794. The molecule has 3 aliphatic rings. The number of hydroxylamine groups is 2. The number of nitrogens with zero attached hydrogens (tertiary/aromatic N) is 1. The van der Waals surface area contributed by atoms with E-state index in [0.29, 0.717) is 18.5 Å². The van der Waals surface area contributed by atoms with Crippen LogP contribution >= 0.6 is 47.8 Å². The molecule has 4 atom stereocenters. The fourth-order valence-corrected chi connectivity index (χ4v) is 4.81. The molecule has 0 N–H and O–H groups in total. The molecule has 24 heavy (non-hydrogen) atoms. The number of ether oxygens (including phenoxy) is 1. The highest BCUT2D eigenvalue weighted by Crippen LogP contribution is 2.45. The minimum Gasteiger partial charge on any atom is -0.365 e. The lowest BCUT2D eigenvalue weighted by Crippen LogP contribution is -2.36. The van der Waals surface area contributed by atoms with E-state index in [1.807, 2.05) is 0 Å². The van der Waals surface area contributed by atoms with Gasteiger partial charge in [0.25, 0.3) is 11.8 Å². The van der Waals surface area contributed by atoms with E-state index in [2.05, 4.69) is 47.8 Å². The molecule has 9 heteroatoms. The van der Waals surface area contributed by atoms with Crippen LogP contribution in [0.25, 0.3) is 0 Å². The van der Waals surface area contributed by atoms with Crippen molar-refractivity contribution in [3.63, 3.8) is 0 Å². The maximum absolute atomic E-state index is 12.5. The van der Waals surface area contributed by atoms with Gasteiger partial charge in [-0.1, -0.05) is 12.2 Å². The summed E-state index contributed by atoms with van der Waals surface area (Å²) >= 11 is 9.86. The Morgan fingerprint density at radius 2 is 1.54 bits per heavy atom. The zero-order valence-corrected chi connectivity index (χ0v) is 16.5. The van der Waals surface area contributed by atoms with Crippen LogP contribution in [-0.4, -0.2) is 35.1 Å². The lowest BCUT2D eigenvalue weighted by atomic mass is 9.85. The van der Waals surface area contributed by atoms with Gasteiger partial charge in [0.15, 0.2) is 0 Å². The molecule has 2 bridgehead atoms. The molecule has 0 saturated carbocycles. The average Bonchev–Trinajstić information content (AvgIpc) is 3.21. The average molecular weight is 522 g/mol. The summed E-state index contributed by atoms with van der Waals surface area (Å²) in [5.74, 6) is -3.13. The third kappa shape index (κ3) is 2.25. The van der Waals surface area contributed by atoms with Crippen LogP contribution in [0.5, 0.6) is 0 Å². The van der Waals surface area contributed by atoms with E-state index in [1.165, 1.54) is 0 Å². The maximum atomic E-state index is 12.5. The lowest BCUT2D eigenvalue weighted by molar-refractivity contribution is -0.177. The quantitative estimate of drug-likeness (QED) is 0.340. The Labute approximate surface area is 161 Å². The van der Waals surface area contributed by atoms with E-state index in [-0.39, 0.29) is 5.56 Å². The molecule has 1 aromatic rings. The van der Waals surface area contributed by atoms with Crippen LogP contribution < -0.4 is 0 Å². The zero-order chi connectivity index (χ0) is 17.2. The second-order valence-corrected chi connectivity index (χ2v) is 8.07. The van der Waals surface area contributed by atoms with Crippen LogP contribution in [0.4, 0.5) is 0 Å². The van der Waals surface area contributed by atoms with Gasteiger partial charge in [-0.15, -0.1) is 5.06 Å². The summed E-state index contributed by atoms with van der Waals surface area (Å²) in [4.78, 5) is 42.6. The first-order chi connectivity index (χ1) is 11.4. The van der Waals surface area contributed by atoms with Crippen LogP contribution in [0.1, 0.15) is 10.4 Å². The Hall–Kier alpha value is -1.03. The maximum Gasteiger partial charge on any atom is 0.366 e. The van der Waals surface area contributed by atoms with E-state index in [4.69, 9.17) is 9.57 Å². The molecular weight excluding hydrogens is 514 g/mol. The topological polar surface area (TPSA) is 72.9 Å². The second-order valence-electron chi connectivity index (χ2n) is 5.57. The first kappa shape index (κ1) is 16.4. The minimum atomic E-state index is -0.807. The van der Waals surface area contributed by atoms with Crippen LogP contribution in [0, 0.1) is 11.8 Å². The Balaban J connectivity index is 1.61. The fraction of sp³-hybridized carbons (Fsp3) is 0.267. The van der Waals surface area contributed by atoms with E-state index >= 15 is 0 Å². The first-order valence-corrected chi connectivity index (χ1v) is 9.35. The van der Waals surface area contributed by atoms with Crippen molar-refractivity contribution < 1.29 is 24.0 Å². The van der Waals surface area contributed by atoms with Crippen molar-refractivity contribution in [3.05, 3.63) is 43.3 Å². The summed E-state index contributed by atoms with van der Waals surface area (Å²) < 4.78 is 7.12. The number of imide groups is 1. The van der Waals surface area contributed by atoms with Gasteiger partial charge in [-0.2, -0.15) is 0 Å². The number of carbonyl (C=O) groups excluding carboxylic acids is 3. The van der Waals surface area contributed by atoms with Gasteiger partial charge in [0.05, 0.1) is 29.6 Å². The SMILES string of the molecule is O=C(ON1C(=O)C2C3C=CC(O3)C2C1=O)c1c(Br)ccc(Br)c1Br. The molecule has 4 unspecified atom stereocenters. The summed E-state index contributed by atoms with van der Waals surface area (Å²) in [5.41, 5.74) is 0.180. The number of rotatable bonds is 2. The van der Waals surface area contributed by atoms with E-state index in [0.717, 1.165) is 0 Å². The molecule has 6 nitrogen and oxygen atoms in total. The van der Waals surface area contributed by atoms with Crippen molar-refractivity contribution in [2.45, 2.75) is 12.2 Å². The zero-order valence-electron chi connectivity index (χ0n) is 11.7. The highest BCUT2D eigenvalue weighted by molar-refractivity contribution is 9.13. The molecule has 124 valence electrons. The van der Waals surface area contributed by atoms with Gasteiger partial charge in [0, 0.05) is 13.4 Å². The number of benzene rings is 1. The normalized spacial score (nSPS) is 30.2. The summed E-state index contributed by atoms with van der Waals surface area (Å²) in [6.45, 7) is 0. The fourth-order valence-electron chi connectivity index (χ4n) is 3.21. The highest BCUT2D eigenvalue weighted by atomic mass is 79.9. The van der Waals surface area contributed by atoms with E-state index in [1.54, 1.807) is 24.3 Å². The smallest absolute Gasteiger partial charge is 0.365 e. The summed E-state index contributed by atoms with van der Waals surface area (Å²) in [6, 6.07) is 3.40. The van der Waals surface area contributed by atoms with Gasteiger partial charge >= 0.3 is 5.97 Å². The number of hydrogen-bond donors (Lipinski definition) is 0. The van der Waals surface area contributed by atoms with Crippen LogP contribution in [0.3, 0.4) is 0 Å². The third-order valence-electron chi connectivity index (χ3n) is 4.29. The Morgan fingerprint density at radius 1 is 1.00 bits per heavy atom. The summed E-state index contributed by atoms with van der Waals surface area (Å²) in [7, 11) is 0. The minimum absolute atomic E-state index is 0.180. The van der Waals surface area contributed by atoms with Gasteiger partial charge in [0.1, 0.15) is 0 Å². The van der Waals surface area contributed by atoms with Crippen molar-refractivity contribution in [2.75, 3.05) is 0 Å². The first-order valence-electron chi connectivity index (χ1n) is 6.97. The molecule has 3 aliphatic heterocycles. The lowest BCUT2D eigenvalue weighted by Gasteiger charge is -2.17. The number of amides is 2. The standard InChI is InChI=1S/C15H8Br3NO5/c16-5-1-2-6(17)12(18)9(5)15(22)24-19-13(20)10-7-3-4-8(23-7)11(10)14(19)21/h1-4,7-8,10-11H. The Kier molecular flexibility index (Phi) is 3.94. The highest BCUT2D eigenvalue weighted by Gasteiger charge is 2.62. The van der Waals surface area contributed by atoms with Crippen molar-refractivity contribution in [1.82, 2.24) is 5.06 Å². The third-order valence-corrected chi connectivity index (χ3v) is 6.97. The van der Waals surface area contributed by atoms with Crippen LogP contribution in [-0.2, 0) is 19.2 Å². The molecule has 3 heterocycles. The molecule has 2 saturated heterocycles. The van der Waals surface area contributed by atoms with E-state index in [9.17, 15) is 14.4 Å². The van der Waals surface area contributed by atoms with Gasteiger partial charge in [0.2, 0.25) is 0 Å².